The molecule has 0 saturated carbocycles. The smallest absolute Gasteiger partial charge is 0.229 e. The molecule has 1 aromatic heterocycles. The third-order valence-electron chi connectivity index (χ3n) is 2.69. The zero-order chi connectivity index (χ0) is 15.2. The van der Waals surface area contributed by atoms with Crippen molar-refractivity contribution >= 4 is 40.8 Å². The average Bonchev–Trinajstić information content (AvgIpc) is 2.48. The maximum absolute atomic E-state index is 11.7. The van der Waals surface area contributed by atoms with Crippen LogP contribution < -0.4 is 5.32 Å². The molecule has 5 nitrogen and oxygen atoms in total. The number of hydrogen-bond acceptors (Lipinski definition) is 4. The number of rotatable bonds is 5. The minimum absolute atomic E-state index is 0.164. The van der Waals surface area contributed by atoms with Crippen molar-refractivity contribution in [3.8, 4) is 0 Å². The molecule has 0 aliphatic heterocycles. The number of carbonyl (C=O) groups excluding carboxylic acids is 1. The molecule has 108 valence electrons. The Kier molecular flexibility index (Phi) is 5.25. The number of aromatic nitrogens is 2. The lowest BCUT2D eigenvalue weighted by molar-refractivity contribution is -0.116. The first-order valence-corrected chi connectivity index (χ1v) is 6.91. The summed E-state index contributed by atoms with van der Waals surface area (Å²) in [4.78, 5) is 19.5. The SMILES string of the molecule is N=C(CCC(=O)Nc1ncccn1)c1ccc(Cl)c(Cl)c1. The van der Waals surface area contributed by atoms with Crippen LogP contribution in [0.4, 0.5) is 5.95 Å². The minimum atomic E-state index is -0.244. The van der Waals surface area contributed by atoms with Crippen LogP contribution in [0.25, 0.3) is 0 Å². The van der Waals surface area contributed by atoms with Crippen molar-refractivity contribution in [1.82, 2.24) is 9.97 Å². The summed E-state index contributed by atoms with van der Waals surface area (Å²) in [6, 6.07) is 6.61. The van der Waals surface area contributed by atoms with Gasteiger partial charge in [-0.1, -0.05) is 29.3 Å². The van der Waals surface area contributed by atoms with Gasteiger partial charge in [-0.05, 0) is 30.2 Å². The molecule has 0 fully saturated rings. The Hall–Kier alpha value is -1.98. The highest BCUT2D eigenvalue weighted by Gasteiger charge is 2.09. The van der Waals surface area contributed by atoms with E-state index in [1.165, 1.54) is 0 Å². The summed E-state index contributed by atoms with van der Waals surface area (Å²) in [5.41, 5.74) is 0.964. The van der Waals surface area contributed by atoms with E-state index in [1.54, 1.807) is 36.7 Å². The van der Waals surface area contributed by atoms with Gasteiger partial charge in [0.05, 0.1) is 10.0 Å². The maximum atomic E-state index is 11.7. The van der Waals surface area contributed by atoms with Crippen molar-refractivity contribution in [3.05, 3.63) is 52.3 Å². The van der Waals surface area contributed by atoms with Gasteiger partial charge in [0.1, 0.15) is 0 Å². The summed E-state index contributed by atoms with van der Waals surface area (Å²) in [5.74, 6) is 0.00887. The Labute approximate surface area is 131 Å². The minimum Gasteiger partial charge on any atom is -0.305 e. The third kappa shape index (κ3) is 4.51. The summed E-state index contributed by atoms with van der Waals surface area (Å²) in [6.07, 6.45) is 3.54. The fourth-order valence-corrected chi connectivity index (χ4v) is 1.92. The quantitative estimate of drug-likeness (QED) is 0.826. The molecule has 0 bridgehead atoms. The number of nitrogens with zero attached hydrogens (tertiary/aromatic N) is 2. The lowest BCUT2D eigenvalue weighted by Gasteiger charge is -2.06. The molecule has 7 heteroatoms. The molecule has 0 radical (unpaired) electrons. The molecule has 1 heterocycles. The van der Waals surface area contributed by atoms with Crippen LogP contribution in [0.5, 0.6) is 0 Å². The Morgan fingerprint density at radius 1 is 1.14 bits per heavy atom. The first kappa shape index (κ1) is 15.4. The van der Waals surface area contributed by atoms with Crippen molar-refractivity contribution in [3.63, 3.8) is 0 Å². The molecule has 1 amide bonds. The number of amides is 1. The van der Waals surface area contributed by atoms with Crippen LogP contribution in [0, 0.1) is 5.41 Å². The lowest BCUT2D eigenvalue weighted by atomic mass is 10.1. The molecular weight excluding hydrogens is 311 g/mol. The van der Waals surface area contributed by atoms with E-state index in [0.717, 1.165) is 0 Å². The van der Waals surface area contributed by atoms with Gasteiger partial charge in [0.2, 0.25) is 11.9 Å². The molecule has 2 aromatic rings. The largest absolute Gasteiger partial charge is 0.305 e. The maximum Gasteiger partial charge on any atom is 0.229 e. The molecule has 2 rings (SSSR count). The Bertz CT molecular complexity index is 661. The van der Waals surface area contributed by atoms with Gasteiger partial charge >= 0.3 is 0 Å². The van der Waals surface area contributed by atoms with Gasteiger partial charge in [-0.15, -0.1) is 0 Å². The van der Waals surface area contributed by atoms with Crippen LogP contribution in [-0.2, 0) is 4.79 Å². The molecule has 0 unspecified atom stereocenters. The number of anilines is 1. The van der Waals surface area contributed by atoms with E-state index in [9.17, 15) is 4.79 Å². The zero-order valence-corrected chi connectivity index (χ0v) is 12.4. The zero-order valence-electron chi connectivity index (χ0n) is 10.9. The second kappa shape index (κ2) is 7.15. The van der Waals surface area contributed by atoms with E-state index >= 15 is 0 Å². The first-order chi connectivity index (χ1) is 10.1. The molecule has 0 saturated heterocycles. The normalized spacial score (nSPS) is 10.2. The van der Waals surface area contributed by atoms with Gasteiger partial charge in [-0.3, -0.25) is 10.1 Å². The van der Waals surface area contributed by atoms with Crippen LogP contribution in [-0.4, -0.2) is 21.6 Å². The van der Waals surface area contributed by atoms with Crippen LogP contribution in [0.3, 0.4) is 0 Å². The van der Waals surface area contributed by atoms with Gasteiger partial charge in [-0.2, -0.15) is 0 Å². The van der Waals surface area contributed by atoms with Crippen molar-refractivity contribution < 1.29 is 4.79 Å². The summed E-state index contributed by atoms with van der Waals surface area (Å²) in [7, 11) is 0. The predicted molar refractivity (Wildman–Crippen MR) is 83.2 cm³/mol. The number of halogens is 2. The van der Waals surface area contributed by atoms with E-state index in [4.69, 9.17) is 28.6 Å². The summed E-state index contributed by atoms with van der Waals surface area (Å²) >= 11 is 11.7. The first-order valence-electron chi connectivity index (χ1n) is 6.16. The van der Waals surface area contributed by atoms with Gasteiger partial charge in [0.25, 0.3) is 0 Å². The Morgan fingerprint density at radius 3 is 2.52 bits per heavy atom. The Morgan fingerprint density at radius 2 is 1.86 bits per heavy atom. The van der Waals surface area contributed by atoms with Crippen LogP contribution in [0.1, 0.15) is 18.4 Å². The van der Waals surface area contributed by atoms with E-state index in [0.29, 0.717) is 21.3 Å². The number of hydrogen-bond donors (Lipinski definition) is 2. The number of nitrogens with one attached hydrogen (secondary N) is 2. The van der Waals surface area contributed by atoms with Gasteiger partial charge < -0.3 is 5.41 Å². The standard InChI is InChI=1S/C14H12Cl2N4O/c15-10-3-2-9(8-11(10)16)12(17)4-5-13(21)20-14-18-6-1-7-19-14/h1-3,6-8,17H,4-5H2,(H,18,19,20,21). The molecule has 0 spiro atoms. The van der Waals surface area contributed by atoms with E-state index in [2.05, 4.69) is 15.3 Å². The fourth-order valence-electron chi connectivity index (χ4n) is 1.62. The van der Waals surface area contributed by atoms with Crippen molar-refractivity contribution in [2.24, 2.45) is 0 Å². The summed E-state index contributed by atoms with van der Waals surface area (Å²) in [5, 5.41) is 11.3. The van der Waals surface area contributed by atoms with Crippen molar-refractivity contribution in [2.75, 3.05) is 5.32 Å². The van der Waals surface area contributed by atoms with E-state index in [1.807, 2.05) is 0 Å². The van der Waals surface area contributed by atoms with E-state index < -0.39 is 0 Å². The summed E-state index contributed by atoms with van der Waals surface area (Å²) < 4.78 is 0. The molecule has 0 atom stereocenters. The van der Waals surface area contributed by atoms with Gasteiger partial charge in [-0.25, -0.2) is 9.97 Å². The topological polar surface area (TPSA) is 78.7 Å². The predicted octanol–water partition coefficient (Wildman–Crippen LogP) is 3.57. The van der Waals surface area contributed by atoms with E-state index in [-0.39, 0.29) is 24.7 Å². The average molecular weight is 323 g/mol. The van der Waals surface area contributed by atoms with Gasteiger partial charge in [0.15, 0.2) is 0 Å². The molecule has 0 aliphatic carbocycles. The second-order valence-corrected chi connectivity index (χ2v) is 5.04. The highest BCUT2D eigenvalue weighted by molar-refractivity contribution is 6.42. The number of benzene rings is 1. The molecule has 0 aliphatic rings. The summed E-state index contributed by atoms with van der Waals surface area (Å²) in [6.45, 7) is 0. The van der Waals surface area contributed by atoms with Crippen LogP contribution in [0.2, 0.25) is 10.0 Å². The van der Waals surface area contributed by atoms with Crippen molar-refractivity contribution in [2.45, 2.75) is 12.8 Å². The molecule has 2 N–H and O–H groups in total. The Balaban J connectivity index is 1.89. The molecule has 1 aromatic carbocycles. The number of carbonyl (C=O) groups is 1. The van der Waals surface area contributed by atoms with Crippen LogP contribution >= 0.6 is 23.2 Å². The fraction of sp³-hybridized carbons (Fsp3) is 0.143. The van der Waals surface area contributed by atoms with Crippen molar-refractivity contribution in [1.29, 1.82) is 5.41 Å². The highest BCUT2D eigenvalue weighted by atomic mass is 35.5. The third-order valence-corrected chi connectivity index (χ3v) is 3.43. The lowest BCUT2D eigenvalue weighted by Crippen LogP contribution is -2.15. The molecule has 21 heavy (non-hydrogen) atoms. The van der Waals surface area contributed by atoms with Crippen LogP contribution in [0.15, 0.2) is 36.7 Å². The second-order valence-electron chi connectivity index (χ2n) is 4.23. The molecular formula is C14H12Cl2N4O. The monoisotopic (exact) mass is 322 g/mol. The highest BCUT2D eigenvalue weighted by Crippen LogP contribution is 2.23. The van der Waals surface area contributed by atoms with Gasteiger partial charge in [0, 0.05) is 24.5 Å².